The van der Waals surface area contributed by atoms with Crippen LogP contribution >= 0.6 is 0 Å². The van der Waals surface area contributed by atoms with Crippen molar-refractivity contribution in [2.75, 3.05) is 0 Å². The molecule has 1 aromatic carbocycles. The molecule has 0 fully saturated rings. The van der Waals surface area contributed by atoms with E-state index in [9.17, 15) is 10.2 Å². The highest BCUT2D eigenvalue weighted by Crippen LogP contribution is 2.33. The van der Waals surface area contributed by atoms with E-state index in [1.165, 1.54) is 6.07 Å². The first-order chi connectivity index (χ1) is 6.16. The van der Waals surface area contributed by atoms with Crippen LogP contribution in [0.4, 0.5) is 0 Å². The first kappa shape index (κ1) is 9.86. The third-order valence-electron chi connectivity index (χ3n) is 1.88. The minimum atomic E-state index is -0.760. The maximum absolute atomic E-state index is 9.51. The van der Waals surface area contributed by atoms with Crippen LogP contribution in [0.25, 0.3) is 0 Å². The van der Waals surface area contributed by atoms with Gasteiger partial charge in [-0.1, -0.05) is 25.5 Å². The fourth-order valence-corrected chi connectivity index (χ4v) is 1.17. The summed E-state index contributed by atoms with van der Waals surface area (Å²) >= 11 is 0. The largest absolute Gasteiger partial charge is 0.504 e. The van der Waals surface area contributed by atoms with E-state index in [0.29, 0.717) is 18.4 Å². The second-order valence-electron chi connectivity index (χ2n) is 2.87. The van der Waals surface area contributed by atoms with Gasteiger partial charge < -0.3 is 15.3 Å². The maximum atomic E-state index is 9.51. The summed E-state index contributed by atoms with van der Waals surface area (Å²) in [6, 6.07) is 4.53. The first-order valence-electron chi connectivity index (χ1n) is 4.15. The molecule has 0 spiro atoms. The number of para-hydroxylation sites is 1. The van der Waals surface area contributed by atoms with Crippen LogP contribution in [0.2, 0.25) is 0 Å². The van der Waals surface area contributed by atoms with E-state index >= 15 is 0 Å². The van der Waals surface area contributed by atoms with Crippen LogP contribution in [-0.4, -0.2) is 15.3 Å². The van der Waals surface area contributed by atoms with Crippen molar-refractivity contribution in [1.82, 2.24) is 0 Å². The normalized spacial score (nSPS) is 12.8. The molecular weight excluding hydrogens is 168 g/mol. The molecule has 3 nitrogen and oxygen atoms in total. The van der Waals surface area contributed by atoms with Gasteiger partial charge in [-0.15, -0.1) is 0 Å². The zero-order valence-corrected chi connectivity index (χ0v) is 7.27. The average molecular weight is 181 g/mol. The fourth-order valence-electron chi connectivity index (χ4n) is 1.17. The van der Waals surface area contributed by atoms with Crippen LogP contribution in [0.1, 0.15) is 24.5 Å². The predicted molar refractivity (Wildman–Crippen MR) is 49.3 cm³/mol. The Morgan fingerprint density at radius 1 is 1.31 bits per heavy atom. The highest BCUT2D eigenvalue weighted by molar-refractivity contribution is 5.45. The number of aliphatic hydroxyl groups excluding tert-OH is 1. The van der Waals surface area contributed by atoms with Gasteiger partial charge in [0.05, 0.1) is 6.10 Å². The molecule has 1 aromatic rings. The van der Waals surface area contributed by atoms with Crippen molar-refractivity contribution in [1.29, 1.82) is 0 Å². The van der Waals surface area contributed by atoms with Crippen molar-refractivity contribution in [2.45, 2.75) is 18.9 Å². The minimum absolute atomic E-state index is 0.208. The predicted octanol–water partition coefficient (Wildman–Crippen LogP) is 1.75. The summed E-state index contributed by atoms with van der Waals surface area (Å²) in [4.78, 5) is 0. The lowest BCUT2D eigenvalue weighted by atomic mass is 10.0. The Hall–Kier alpha value is -1.22. The van der Waals surface area contributed by atoms with E-state index in [-0.39, 0.29) is 11.5 Å². The van der Waals surface area contributed by atoms with Crippen molar-refractivity contribution in [2.24, 2.45) is 0 Å². The molecule has 0 saturated carbocycles. The molecule has 1 unspecified atom stereocenters. The summed E-state index contributed by atoms with van der Waals surface area (Å²) < 4.78 is 0. The number of hydrogen-bond donors (Lipinski definition) is 3. The molecule has 0 bridgehead atoms. The van der Waals surface area contributed by atoms with Crippen LogP contribution in [-0.2, 0) is 0 Å². The van der Waals surface area contributed by atoms with Gasteiger partial charge in [-0.3, -0.25) is 0 Å². The fraction of sp³-hybridized carbons (Fsp3) is 0.300. The second-order valence-corrected chi connectivity index (χ2v) is 2.87. The molecule has 1 radical (unpaired) electrons. The third-order valence-corrected chi connectivity index (χ3v) is 1.88. The van der Waals surface area contributed by atoms with Crippen molar-refractivity contribution in [3.8, 4) is 11.5 Å². The Labute approximate surface area is 77.3 Å². The summed E-state index contributed by atoms with van der Waals surface area (Å²) in [6.07, 6.45) is 0.289. The topological polar surface area (TPSA) is 60.7 Å². The van der Waals surface area contributed by atoms with Gasteiger partial charge in [-0.2, -0.15) is 0 Å². The van der Waals surface area contributed by atoms with Gasteiger partial charge in [-0.05, 0) is 12.5 Å². The van der Waals surface area contributed by atoms with Crippen molar-refractivity contribution < 1.29 is 15.3 Å². The van der Waals surface area contributed by atoms with Gasteiger partial charge >= 0.3 is 0 Å². The zero-order valence-electron chi connectivity index (χ0n) is 7.27. The summed E-state index contributed by atoms with van der Waals surface area (Å²) in [5.74, 6) is -0.455. The first-order valence-corrected chi connectivity index (χ1v) is 4.15. The molecule has 0 aliphatic carbocycles. The number of aliphatic hydroxyl groups is 1. The summed E-state index contributed by atoms with van der Waals surface area (Å²) in [6.45, 7) is 3.60. The quantitative estimate of drug-likeness (QED) is 0.622. The number of phenols is 2. The van der Waals surface area contributed by atoms with Gasteiger partial charge in [0.25, 0.3) is 0 Å². The van der Waals surface area contributed by atoms with Gasteiger partial charge in [0, 0.05) is 5.56 Å². The van der Waals surface area contributed by atoms with E-state index in [0.717, 1.165) is 0 Å². The van der Waals surface area contributed by atoms with Gasteiger partial charge in [0.1, 0.15) is 0 Å². The summed E-state index contributed by atoms with van der Waals surface area (Å²) in [5.41, 5.74) is 0.351. The highest BCUT2D eigenvalue weighted by Gasteiger charge is 2.13. The molecular formula is C10H13O3. The molecule has 1 rings (SSSR count). The van der Waals surface area contributed by atoms with E-state index < -0.39 is 6.10 Å². The summed E-state index contributed by atoms with van der Waals surface area (Å²) in [5, 5.41) is 28.0. The lowest BCUT2D eigenvalue weighted by Crippen LogP contribution is -1.96. The lowest BCUT2D eigenvalue weighted by molar-refractivity contribution is 0.164. The Morgan fingerprint density at radius 2 is 2.00 bits per heavy atom. The molecule has 3 heteroatoms. The molecule has 3 N–H and O–H groups in total. The lowest BCUT2D eigenvalue weighted by Gasteiger charge is -2.11. The van der Waals surface area contributed by atoms with Crippen LogP contribution < -0.4 is 0 Å². The molecule has 0 amide bonds. The van der Waals surface area contributed by atoms with Crippen molar-refractivity contribution >= 4 is 0 Å². The standard InChI is InChI=1S/C10H13O3/c1-2-4-8(11)7-5-3-6-9(12)10(7)13/h3,5-6,8,11-13H,1-2,4H2. The number of hydrogen-bond acceptors (Lipinski definition) is 3. The Bertz CT molecular complexity index is 283. The Morgan fingerprint density at radius 3 is 2.62 bits per heavy atom. The molecule has 0 heterocycles. The number of phenolic OH excluding ortho intramolecular Hbond substituents is 2. The van der Waals surface area contributed by atoms with Crippen LogP contribution in [0.5, 0.6) is 11.5 Å². The number of rotatable bonds is 3. The summed E-state index contributed by atoms with van der Waals surface area (Å²) in [7, 11) is 0. The van der Waals surface area contributed by atoms with Gasteiger partial charge in [0.2, 0.25) is 0 Å². The molecule has 0 saturated heterocycles. The van der Waals surface area contributed by atoms with Gasteiger partial charge in [-0.25, -0.2) is 0 Å². The molecule has 0 aliphatic heterocycles. The smallest absolute Gasteiger partial charge is 0.163 e. The van der Waals surface area contributed by atoms with E-state index in [1.807, 2.05) is 0 Å². The van der Waals surface area contributed by atoms with Crippen molar-refractivity contribution in [3.05, 3.63) is 30.7 Å². The third kappa shape index (κ3) is 2.12. The van der Waals surface area contributed by atoms with Crippen LogP contribution in [0.3, 0.4) is 0 Å². The Kier molecular flexibility index (Phi) is 3.14. The molecule has 71 valence electrons. The minimum Gasteiger partial charge on any atom is -0.504 e. The average Bonchev–Trinajstić information content (AvgIpc) is 2.10. The maximum Gasteiger partial charge on any atom is 0.163 e. The van der Waals surface area contributed by atoms with E-state index in [1.54, 1.807) is 12.1 Å². The van der Waals surface area contributed by atoms with E-state index in [4.69, 9.17) is 5.11 Å². The van der Waals surface area contributed by atoms with Crippen LogP contribution in [0, 0.1) is 6.92 Å². The SMILES string of the molecule is [CH2]CCC(O)c1cccc(O)c1O. The van der Waals surface area contributed by atoms with Crippen molar-refractivity contribution in [3.63, 3.8) is 0 Å². The van der Waals surface area contributed by atoms with Crippen LogP contribution in [0.15, 0.2) is 18.2 Å². The molecule has 0 aromatic heterocycles. The molecule has 13 heavy (non-hydrogen) atoms. The monoisotopic (exact) mass is 181 g/mol. The number of aromatic hydroxyl groups is 2. The zero-order chi connectivity index (χ0) is 9.84. The second kappa shape index (κ2) is 4.14. The van der Waals surface area contributed by atoms with E-state index in [2.05, 4.69) is 6.92 Å². The Balaban J connectivity index is 2.93. The van der Waals surface area contributed by atoms with Gasteiger partial charge in [0.15, 0.2) is 11.5 Å². The highest BCUT2D eigenvalue weighted by atomic mass is 16.3. The molecule has 1 atom stereocenters. The number of benzene rings is 1. The molecule has 0 aliphatic rings.